The summed E-state index contributed by atoms with van der Waals surface area (Å²) in [7, 11) is 1.86. The Bertz CT molecular complexity index is 2000. The minimum atomic E-state index is -0.500. The highest BCUT2D eigenvalue weighted by molar-refractivity contribution is 5.70. The molecule has 14 nitrogen and oxygen atoms in total. The third-order valence-corrected chi connectivity index (χ3v) is 7.82. The summed E-state index contributed by atoms with van der Waals surface area (Å²) in [6, 6.07) is 8.25. The van der Waals surface area contributed by atoms with Gasteiger partial charge in [-0.25, -0.2) is 29.4 Å². The Kier molecular flexibility index (Phi) is 7.47. The van der Waals surface area contributed by atoms with Crippen molar-refractivity contribution in [1.29, 1.82) is 0 Å². The van der Waals surface area contributed by atoms with Crippen LogP contribution in [0.3, 0.4) is 0 Å². The van der Waals surface area contributed by atoms with Crippen molar-refractivity contribution >= 4 is 17.4 Å². The molecule has 1 saturated heterocycles. The summed E-state index contributed by atoms with van der Waals surface area (Å²) in [6.07, 6.45) is 14.2. The number of hydrogen-bond acceptors (Lipinski definition) is 10. The number of carbonyl (C=O) groups is 1. The van der Waals surface area contributed by atoms with Crippen LogP contribution in [0.15, 0.2) is 67.6 Å². The molecule has 0 spiro atoms. The van der Waals surface area contributed by atoms with Crippen LogP contribution in [0.25, 0.3) is 45.1 Å². The number of piperidine rings is 1. The van der Waals surface area contributed by atoms with Gasteiger partial charge in [0, 0.05) is 67.2 Å². The molecule has 0 radical (unpaired) electrons. The van der Waals surface area contributed by atoms with E-state index < -0.39 is 5.60 Å². The molecule has 0 N–H and O–H groups in total. The number of aromatic nitrogens is 11. The lowest BCUT2D eigenvalue weighted by atomic mass is 10.1. The zero-order chi connectivity index (χ0) is 31.8. The van der Waals surface area contributed by atoms with Crippen molar-refractivity contribution in [2.45, 2.75) is 51.8 Å². The summed E-state index contributed by atoms with van der Waals surface area (Å²) in [5, 5.41) is 17.3. The van der Waals surface area contributed by atoms with Gasteiger partial charge in [-0.15, -0.1) is 5.10 Å². The van der Waals surface area contributed by atoms with E-state index in [4.69, 9.17) is 9.72 Å². The number of benzene rings is 1. The molecule has 0 bridgehead atoms. The number of carbonyl (C=O) groups excluding carboxylic acids is 1. The van der Waals surface area contributed by atoms with E-state index in [9.17, 15) is 4.79 Å². The Balaban J connectivity index is 1.02. The van der Waals surface area contributed by atoms with Crippen LogP contribution in [-0.2, 0) is 18.3 Å². The standard InChI is InChI=1S/C32H34N12O2/c1-32(2,3)46-31(45)42-10-8-26(9-11-42)43-20-24(15-37-43)23-13-33-28(34-14-23)22-7-5-6-21(12-22)18-44-30-29(39-40-44)35-17-27(38-30)25-16-36-41(4)19-25/h5-7,12-17,19-20,26H,8-11,18H2,1-4H3. The summed E-state index contributed by atoms with van der Waals surface area (Å²) in [6.45, 7) is 7.39. The van der Waals surface area contributed by atoms with Gasteiger partial charge < -0.3 is 9.64 Å². The molecule has 0 saturated carbocycles. The normalized spacial score (nSPS) is 14.2. The van der Waals surface area contributed by atoms with Crippen molar-refractivity contribution in [3.8, 4) is 33.8 Å². The fourth-order valence-corrected chi connectivity index (χ4v) is 5.49. The maximum Gasteiger partial charge on any atom is 0.410 e. The van der Waals surface area contributed by atoms with Gasteiger partial charge in [-0.3, -0.25) is 9.36 Å². The van der Waals surface area contributed by atoms with E-state index in [-0.39, 0.29) is 12.1 Å². The van der Waals surface area contributed by atoms with E-state index in [2.05, 4.69) is 35.5 Å². The molecule has 0 aliphatic carbocycles. The van der Waals surface area contributed by atoms with Crippen molar-refractivity contribution < 1.29 is 9.53 Å². The molecule has 5 aromatic heterocycles. The molecule has 1 fully saturated rings. The SMILES string of the molecule is Cn1cc(-c2cnc3nnn(Cc4cccc(-c5ncc(-c6cnn(C7CCN(C(=O)OC(C)(C)C)CC7)c6)cn5)c4)c3n2)cn1. The number of likely N-dealkylation sites (tertiary alicyclic amines) is 1. The number of fused-ring (bicyclic) bond motifs is 1. The largest absolute Gasteiger partial charge is 0.444 e. The molecule has 7 rings (SSSR count). The fourth-order valence-electron chi connectivity index (χ4n) is 5.49. The van der Waals surface area contributed by atoms with E-state index in [1.807, 2.05) is 87.8 Å². The zero-order valence-electron chi connectivity index (χ0n) is 26.1. The summed E-state index contributed by atoms with van der Waals surface area (Å²) in [5.41, 5.74) is 5.89. The molecule has 1 aliphatic heterocycles. The maximum atomic E-state index is 12.4. The topological polar surface area (TPSA) is 147 Å². The van der Waals surface area contributed by atoms with Crippen LogP contribution in [0, 0.1) is 0 Å². The van der Waals surface area contributed by atoms with E-state index in [0.717, 1.165) is 40.7 Å². The highest BCUT2D eigenvalue weighted by Crippen LogP contribution is 2.27. The first-order chi connectivity index (χ1) is 22.2. The molecule has 1 amide bonds. The summed E-state index contributed by atoms with van der Waals surface area (Å²) in [4.78, 5) is 32.7. The highest BCUT2D eigenvalue weighted by Gasteiger charge is 2.28. The molecular weight excluding hydrogens is 584 g/mol. The quantitative estimate of drug-likeness (QED) is 0.260. The number of nitrogens with zero attached hydrogens (tertiary/aromatic N) is 12. The molecule has 0 unspecified atom stereocenters. The molecule has 6 heterocycles. The average Bonchev–Trinajstić information content (AvgIpc) is 3.81. The summed E-state index contributed by atoms with van der Waals surface area (Å²) >= 11 is 0. The Labute approximate surface area is 265 Å². The third-order valence-electron chi connectivity index (χ3n) is 7.82. The number of ether oxygens (including phenoxy) is 1. The van der Waals surface area contributed by atoms with Gasteiger partial charge in [-0.05, 0) is 45.2 Å². The van der Waals surface area contributed by atoms with E-state index >= 15 is 0 Å². The van der Waals surface area contributed by atoms with Crippen LogP contribution in [0.2, 0.25) is 0 Å². The van der Waals surface area contributed by atoms with Gasteiger partial charge in [0.1, 0.15) is 5.60 Å². The lowest BCUT2D eigenvalue weighted by Gasteiger charge is -2.33. The van der Waals surface area contributed by atoms with Crippen LogP contribution in [0.1, 0.15) is 45.2 Å². The van der Waals surface area contributed by atoms with Crippen molar-refractivity contribution in [3.05, 3.63) is 73.2 Å². The molecule has 14 heteroatoms. The highest BCUT2D eigenvalue weighted by atomic mass is 16.6. The van der Waals surface area contributed by atoms with Gasteiger partial charge in [0.15, 0.2) is 11.5 Å². The molecule has 0 atom stereocenters. The van der Waals surface area contributed by atoms with Crippen LogP contribution >= 0.6 is 0 Å². The predicted octanol–water partition coefficient (Wildman–Crippen LogP) is 4.56. The molecule has 6 aromatic rings. The Morgan fingerprint density at radius 1 is 0.913 bits per heavy atom. The predicted molar refractivity (Wildman–Crippen MR) is 169 cm³/mol. The average molecular weight is 619 g/mol. The summed E-state index contributed by atoms with van der Waals surface area (Å²) < 4.78 is 11.0. The van der Waals surface area contributed by atoms with Gasteiger partial charge in [-0.1, -0.05) is 23.4 Å². The number of hydrogen-bond donors (Lipinski definition) is 0. The lowest BCUT2D eigenvalue weighted by Crippen LogP contribution is -2.42. The molecule has 46 heavy (non-hydrogen) atoms. The fraction of sp³-hybridized carbons (Fsp3) is 0.344. The lowest BCUT2D eigenvalue weighted by molar-refractivity contribution is 0.0185. The van der Waals surface area contributed by atoms with Crippen LogP contribution < -0.4 is 0 Å². The van der Waals surface area contributed by atoms with Gasteiger partial charge in [0.2, 0.25) is 5.65 Å². The van der Waals surface area contributed by atoms with E-state index in [1.165, 1.54) is 0 Å². The third kappa shape index (κ3) is 6.18. The zero-order valence-corrected chi connectivity index (χ0v) is 26.1. The minimum Gasteiger partial charge on any atom is -0.444 e. The van der Waals surface area contributed by atoms with Gasteiger partial charge in [0.05, 0.1) is 36.9 Å². The monoisotopic (exact) mass is 618 g/mol. The molecule has 1 aromatic carbocycles. The molecule has 234 valence electrons. The Morgan fingerprint density at radius 3 is 2.43 bits per heavy atom. The second-order valence-corrected chi connectivity index (χ2v) is 12.5. The minimum absolute atomic E-state index is 0.213. The van der Waals surface area contributed by atoms with Crippen LogP contribution in [0.5, 0.6) is 0 Å². The second-order valence-electron chi connectivity index (χ2n) is 12.5. The smallest absolute Gasteiger partial charge is 0.410 e. The first-order valence-corrected chi connectivity index (χ1v) is 15.2. The van der Waals surface area contributed by atoms with Gasteiger partial charge >= 0.3 is 6.09 Å². The second kappa shape index (κ2) is 11.8. The summed E-state index contributed by atoms with van der Waals surface area (Å²) in [5.74, 6) is 0.620. The molecule has 1 aliphatic rings. The maximum absolute atomic E-state index is 12.4. The van der Waals surface area contributed by atoms with Crippen molar-refractivity contribution in [2.75, 3.05) is 13.1 Å². The van der Waals surface area contributed by atoms with Crippen LogP contribution in [-0.4, -0.2) is 84.2 Å². The van der Waals surface area contributed by atoms with E-state index in [1.54, 1.807) is 26.7 Å². The van der Waals surface area contributed by atoms with Gasteiger partial charge in [0.25, 0.3) is 0 Å². The van der Waals surface area contributed by atoms with Crippen molar-refractivity contribution in [3.63, 3.8) is 0 Å². The van der Waals surface area contributed by atoms with Crippen molar-refractivity contribution in [1.82, 2.24) is 59.4 Å². The number of rotatable bonds is 6. The van der Waals surface area contributed by atoms with Crippen molar-refractivity contribution in [2.24, 2.45) is 7.05 Å². The van der Waals surface area contributed by atoms with Crippen LogP contribution in [0.4, 0.5) is 4.79 Å². The van der Waals surface area contributed by atoms with E-state index in [0.29, 0.717) is 42.4 Å². The van der Waals surface area contributed by atoms with Gasteiger partial charge in [-0.2, -0.15) is 10.2 Å². The number of aryl methyl sites for hydroxylation is 1. The Hall–Kier alpha value is -5.53. The molecular formula is C32H34N12O2. The first kappa shape index (κ1) is 29.2. The Morgan fingerprint density at radius 2 is 1.70 bits per heavy atom. The number of amides is 1. The first-order valence-electron chi connectivity index (χ1n) is 15.2.